The van der Waals surface area contributed by atoms with Crippen LogP contribution >= 0.6 is 11.8 Å². The van der Waals surface area contributed by atoms with Crippen LogP contribution in [-0.2, 0) is 11.3 Å². The fourth-order valence-electron chi connectivity index (χ4n) is 3.55. The SMILES string of the molecule is COCCCn1c(=O)c2ccccc2n2c(SC(C)c3ccc(OC(F)(F)F)cc3)nnc12. The maximum atomic E-state index is 13.1. The molecule has 11 heteroatoms. The average molecular weight is 478 g/mol. The van der Waals surface area contributed by atoms with Crippen LogP contribution < -0.4 is 10.3 Å². The Hall–Kier alpha value is -3.05. The monoisotopic (exact) mass is 478 g/mol. The van der Waals surface area contributed by atoms with Gasteiger partial charge in [-0.1, -0.05) is 36.0 Å². The Bertz CT molecular complexity index is 1320. The zero-order valence-corrected chi connectivity index (χ0v) is 18.7. The normalized spacial score (nSPS) is 13.0. The predicted octanol–water partition coefficient (Wildman–Crippen LogP) is 4.83. The van der Waals surface area contributed by atoms with Crippen molar-refractivity contribution in [2.24, 2.45) is 0 Å². The Morgan fingerprint density at radius 3 is 2.52 bits per heavy atom. The molecule has 0 aliphatic heterocycles. The highest BCUT2D eigenvalue weighted by Crippen LogP contribution is 2.35. The first-order chi connectivity index (χ1) is 15.8. The first-order valence-corrected chi connectivity index (χ1v) is 11.0. The molecule has 0 saturated carbocycles. The van der Waals surface area contributed by atoms with Crippen molar-refractivity contribution in [1.29, 1.82) is 0 Å². The van der Waals surface area contributed by atoms with Crippen molar-refractivity contribution >= 4 is 28.4 Å². The molecule has 0 amide bonds. The van der Waals surface area contributed by atoms with Gasteiger partial charge in [0.25, 0.3) is 5.56 Å². The summed E-state index contributed by atoms with van der Waals surface area (Å²) in [6, 6.07) is 13.0. The largest absolute Gasteiger partial charge is 0.573 e. The summed E-state index contributed by atoms with van der Waals surface area (Å²) < 4.78 is 49.7. The summed E-state index contributed by atoms with van der Waals surface area (Å²) in [6.07, 6.45) is -4.09. The van der Waals surface area contributed by atoms with Crippen LogP contribution in [0.1, 0.15) is 24.2 Å². The van der Waals surface area contributed by atoms with Crippen LogP contribution in [0.25, 0.3) is 16.7 Å². The molecule has 0 spiro atoms. The van der Waals surface area contributed by atoms with Crippen molar-refractivity contribution < 1.29 is 22.6 Å². The van der Waals surface area contributed by atoms with Crippen LogP contribution in [0.4, 0.5) is 13.2 Å². The van der Waals surface area contributed by atoms with Crippen molar-refractivity contribution in [3.63, 3.8) is 0 Å². The third-order valence-corrected chi connectivity index (χ3v) is 6.17. The van der Waals surface area contributed by atoms with Crippen LogP contribution in [0.2, 0.25) is 0 Å². The summed E-state index contributed by atoms with van der Waals surface area (Å²) in [6.45, 7) is 2.86. The van der Waals surface area contributed by atoms with Gasteiger partial charge in [0.05, 0.1) is 10.9 Å². The first-order valence-electron chi connectivity index (χ1n) is 10.2. The molecule has 2 aromatic heterocycles. The summed E-state index contributed by atoms with van der Waals surface area (Å²) in [5, 5.41) is 9.57. The maximum Gasteiger partial charge on any atom is 0.573 e. The molecular weight excluding hydrogens is 457 g/mol. The van der Waals surface area contributed by atoms with Crippen molar-refractivity contribution in [2.75, 3.05) is 13.7 Å². The molecule has 4 rings (SSSR count). The van der Waals surface area contributed by atoms with Crippen LogP contribution in [0.15, 0.2) is 58.5 Å². The second-order valence-electron chi connectivity index (χ2n) is 7.32. The molecule has 1 atom stereocenters. The van der Waals surface area contributed by atoms with E-state index >= 15 is 0 Å². The zero-order chi connectivity index (χ0) is 23.6. The minimum Gasteiger partial charge on any atom is -0.406 e. The number of aromatic nitrogens is 4. The van der Waals surface area contributed by atoms with Gasteiger partial charge in [0.2, 0.25) is 5.78 Å². The summed E-state index contributed by atoms with van der Waals surface area (Å²) in [4.78, 5) is 13.1. The van der Waals surface area contributed by atoms with Gasteiger partial charge >= 0.3 is 6.36 Å². The average Bonchev–Trinajstić information content (AvgIpc) is 3.19. The van der Waals surface area contributed by atoms with Gasteiger partial charge in [-0.3, -0.25) is 13.8 Å². The molecule has 0 N–H and O–H groups in total. The topological polar surface area (TPSA) is 70.7 Å². The maximum absolute atomic E-state index is 13.1. The number of nitrogens with zero attached hydrogens (tertiary/aromatic N) is 4. The fourth-order valence-corrected chi connectivity index (χ4v) is 4.53. The molecule has 0 saturated heterocycles. The highest BCUT2D eigenvalue weighted by molar-refractivity contribution is 7.99. The number of hydrogen-bond donors (Lipinski definition) is 0. The first kappa shape index (κ1) is 23.1. The second-order valence-corrected chi connectivity index (χ2v) is 8.62. The molecule has 2 heterocycles. The Labute approximate surface area is 191 Å². The van der Waals surface area contributed by atoms with Crippen LogP contribution in [0.5, 0.6) is 5.75 Å². The van der Waals surface area contributed by atoms with Crippen LogP contribution in [0, 0.1) is 0 Å². The number of alkyl halides is 3. The number of thioether (sulfide) groups is 1. The predicted molar refractivity (Wildman–Crippen MR) is 119 cm³/mol. The summed E-state index contributed by atoms with van der Waals surface area (Å²) in [5.41, 5.74) is 1.34. The van der Waals surface area contributed by atoms with Gasteiger partial charge in [-0.25, -0.2) is 0 Å². The van der Waals surface area contributed by atoms with E-state index in [1.54, 1.807) is 35.9 Å². The van der Waals surface area contributed by atoms with Gasteiger partial charge in [0.15, 0.2) is 5.16 Å². The molecule has 1 unspecified atom stereocenters. The Kier molecular flexibility index (Phi) is 6.61. The molecule has 33 heavy (non-hydrogen) atoms. The number of para-hydroxylation sites is 1. The quantitative estimate of drug-likeness (QED) is 0.267. The lowest BCUT2D eigenvalue weighted by Crippen LogP contribution is -2.24. The minimum atomic E-state index is -4.73. The molecule has 174 valence electrons. The van der Waals surface area contributed by atoms with Gasteiger partial charge in [-0.2, -0.15) is 0 Å². The molecule has 0 aliphatic carbocycles. The molecule has 7 nitrogen and oxygen atoms in total. The van der Waals surface area contributed by atoms with E-state index in [-0.39, 0.29) is 16.6 Å². The lowest BCUT2D eigenvalue weighted by molar-refractivity contribution is -0.274. The van der Waals surface area contributed by atoms with Crippen molar-refractivity contribution in [1.82, 2.24) is 19.2 Å². The highest BCUT2D eigenvalue weighted by atomic mass is 32.2. The fraction of sp³-hybridized carbons (Fsp3) is 0.318. The number of halogens is 3. The number of methoxy groups -OCH3 is 1. The number of hydrogen-bond acceptors (Lipinski definition) is 6. The third kappa shape index (κ3) is 4.98. The standard InChI is InChI=1S/C22H21F3N4O3S/c1-14(15-8-10-16(11-9-15)32-22(23,24)25)33-21-27-26-20-28(12-5-13-31-2)19(30)17-6-3-4-7-18(17)29(20)21/h3-4,6-11,14H,5,12-13H2,1-2H3. The molecule has 2 aromatic carbocycles. The second kappa shape index (κ2) is 9.44. The van der Waals surface area contributed by atoms with Crippen molar-refractivity contribution in [2.45, 2.75) is 36.7 Å². The Morgan fingerprint density at radius 2 is 1.82 bits per heavy atom. The van der Waals surface area contributed by atoms with E-state index in [9.17, 15) is 18.0 Å². The van der Waals surface area contributed by atoms with Gasteiger partial charge in [0.1, 0.15) is 5.75 Å². The molecule has 0 aliphatic rings. The van der Waals surface area contributed by atoms with Crippen LogP contribution in [-0.4, -0.2) is 39.2 Å². The smallest absolute Gasteiger partial charge is 0.406 e. The van der Waals surface area contributed by atoms with E-state index in [1.165, 1.54) is 23.9 Å². The van der Waals surface area contributed by atoms with Gasteiger partial charge in [-0.05, 0) is 43.2 Å². The summed E-state index contributed by atoms with van der Waals surface area (Å²) >= 11 is 1.40. The van der Waals surface area contributed by atoms with E-state index in [1.807, 2.05) is 23.5 Å². The Morgan fingerprint density at radius 1 is 1.09 bits per heavy atom. The van der Waals surface area contributed by atoms with Gasteiger partial charge in [-0.15, -0.1) is 23.4 Å². The van der Waals surface area contributed by atoms with E-state index in [2.05, 4.69) is 14.9 Å². The summed E-state index contributed by atoms with van der Waals surface area (Å²) in [7, 11) is 1.60. The number of fused-ring (bicyclic) bond motifs is 3. The third-order valence-electron chi connectivity index (χ3n) is 5.07. The summed E-state index contributed by atoms with van der Waals surface area (Å²) in [5.74, 6) is 0.154. The highest BCUT2D eigenvalue weighted by Gasteiger charge is 2.31. The molecule has 0 radical (unpaired) electrons. The van der Waals surface area contributed by atoms with E-state index < -0.39 is 6.36 Å². The lowest BCUT2D eigenvalue weighted by Gasteiger charge is -2.14. The van der Waals surface area contributed by atoms with Gasteiger partial charge < -0.3 is 9.47 Å². The number of ether oxygens (including phenoxy) is 2. The molecular formula is C22H21F3N4O3S. The van der Waals surface area contributed by atoms with E-state index in [4.69, 9.17) is 4.74 Å². The number of aryl methyl sites for hydroxylation is 1. The van der Waals surface area contributed by atoms with Gasteiger partial charge in [0, 0.05) is 25.5 Å². The zero-order valence-electron chi connectivity index (χ0n) is 17.9. The van der Waals surface area contributed by atoms with Crippen LogP contribution in [0.3, 0.4) is 0 Å². The van der Waals surface area contributed by atoms with Crippen molar-refractivity contribution in [3.8, 4) is 5.75 Å². The number of rotatable bonds is 8. The minimum absolute atomic E-state index is 0.147. The molecule has 0 bridgehead atoms. The van der Waals surface area contributed by atoms with E-state index in [0.29, 0.717) is 41.4 Å². The van der Waals surface area contributed by atoms with E-state index in [0.717, 1.165) is 5.56 Å². The Balaban J connectivity index is 1.69. The molecule has 4 aromatic rings. The van der Waals surface area contributed by atoms with Crippen molar-refractivity contribution in [3.05, 3.63) is 64.4 Å². The number of benzene rings is 2. The molecule has 0 fully saturated rings. The lowest BCUT2D eigenvalue weighted by atomic mass is 10.2.